The van der Waals surface area contributed by atoms with E-state index in [-0.39, 0.29) is 5.91 Å². The first-order chi connectivity index (χ1) is 8.29. The Hall–Kier alpha value is -1.51. The Morgan fingerprint density at radius 3 is 2.88 bits per heavy atom. The van der Waals surface area contributed by atoms with Crippen LogP contribution in [-0.4, -0.2) is 29.9 Å². The molecule has 1 saturated heterocycles. The number of anilines is 1. The fourth-order valence-electron chi connectivity index (χ4n) is 2.32. The standard InChI is InChI=1S/C14H20N2O/c1-2-14(17)16-10-6-9-13(11-16)15-12-7-4-3-5-8-12/h3-5,7-8,13,15H,2,6,9-11H2,1H3. The van der Waals surface area contributed by atoms with Crippen molar-refractivity contribution < 1.29 is 4.79 Å². The number of carbonyl (C=O) groups is 1. The molecular weight excluding hydrogens is 212 g/mol. The van der Waals surface area contributed by atoms with Crippen LogP contribution >= 0.6 is 0 Å². The van der Waals surface area contributed by atoms with E-state index in [0.717, 1.165) is 31.6 Å². The Kier molecular flexibility index (Phi) is 4.02. The molecule has 2 rings (SSSR count). The molecule has 0 bridgehead atoms. The zero-order valence-electron chi connectivity index (χ0n) is 10.4. The van der Waals surface area contributed by atoms with Crippen LogP contribution in [0.2, 0.25) is 0 Å². The molecule has 17 heavy (non-hydrogen) atoms. The highest BCUT2D eigenvalue weighted by molar-refractivity contribution is 5.76. The summed E-state index contributed by atoms with van der Waals surface area (Å²) < 4.78 is 0. The third kappa shape index (κ3) is 3.22. The summed E-state index contributed by atoms with van der Waals surface area (Å²) in [5.41, 5.74) is 1.14. The summed E-state index contributed by atoms with van der Waals surface area (Å²) in [7, 11) is 0. The van der Waals surface area contributed by atoms with Crippen molar-refractivity contribution in [3.8, 4) is 0 Å². The van der Waals surface area contributed by atoms with Crippen LogP contribution < -0.4 is 5.32 Å². The molecule has 0 radical (unpaired) electrons. The van der Waals surface area contributed by atoms with Crippen molar-refractivity contribution in [2.45, 2.75) is 32.2 Å². The first-order valence-corrected chi connectivity index (χ1v) is 6.39. The lowest BCUT2D eigenvalue weighted by molar-refractivity contribution is -0.131. The van der Waals surface area contributed by atoms with E-state index in [1.807, 2.05) is 30.0 Å². The molecule has 0 spiro atoms. The molecule has 1 aliphatic heterocycles. The van der Waals surface area contributed by atoms with Gasteiger partial charge in [0.1, 0.15) is 0 Å². The first kappa shape index (κ1) is 12.0. The number of nitrogens with one attached hydrogen (secondary N) is 1. The molecule has 1 atom stereocenters. The van der Waals surface area contributed by atoms with Gasteiger partial charge in [0.2, 0.25) is 5.91 Å². The van der Waals surface area contributed by atoms with E-state index in [1.165, 1.54) is 0 Å². The van der Waals surface area contributed by atoms with Gasteiger partial charge >= 0.3 is 0 Å². The quantitative estimate of drug-likeness (QED) is 0.868. The molecule has 3 nitrogen and oxygen atoms in total. The number of hydrogen-bond acceptors (Lipinski definition) is 2. The second kappa shape index (κ2) is 5.71. The largest absolute Gasteiger partial charge is 0.381 e. The third-order valence-electron chi connectivity index (χ3n) is 3.22. The maximum absolute atomic E-state index is 11.7. The number of piperidine rings is 1. The number of nitrogens with zero attached hydrogens (tertiary/aromatic N) is 1. The van der Waals surface area contributed by atoms with Crippen LogP contribution in [0, 0.1) is 0 Å². The van der Waals surface area contributed by atoms with E-state index in [1.54, 1.807) is 0 Å². The van der Waals surface area contributed by atoms with Crippen molar-refractivity contribution in [2.75, 3.05) is 18.4 Å². The minimum atomic E-state index is 0.268. The van der Waals surface area contributed by atoms with Crippen molar-refractivity contribution in [1.82, 2.24) is 4.90 Å². The van der Waals surface area contributed by atoms with Crippen LogP contribution in [0.15, 0.2) is 30.3 Å². The molecule has 1 aromatic carbocycles. The molecule has 1 unspecified atom stereocenters. The highest BCUT2D eigenvalue weighted by Gasteiger charge is 2.22. The molecule has 3 heteroatoms. The second-order valence-corrected chi connectivity index (χ2v) is 4.54. The van der Waals surface area contributed by atoms with Gasteiger partial charge in [-0.15, -0.1) is 0 Å². The van der Waals surface area contributed by atoms with Gasteiger partial charge in [-0.1, -0.05) is 25.1 Å². The maximum atomic E-state index is 11.7. The zero-order chi connectivity index (χ0) is 12.1. The van der Waals surface area contributed by atoms with Crippen molar-refractivity contribution in [1.29, 1.82) is 0 Å². The fraction of sp³-hybridized carbons (Fsp3) is 0.500. The molecule has 1 aliphatic rings. The number of likely N-dealkylation sites (tertiary alicyclic amines) is 1. The number of para-hydroxylation sites is 1. The van der Waals surface area contributed by atoms with Crippen molar-refractivity contribution in [2.24, 2.45) is 0 Å². The van der Waals surface area contributed by atoms with Crippen LogP contribution in [0.1, 0.15) is 26.2 Å². The lowest BCUT2D eigenvalue weighted by Gasteiger charge is -2.33. The predicted molar refractivity (Wildman–Crippen MR) is 70.0 cm³/mol. The summed E-state index contributed by atoms with van der Waals surface area (Å²) in [6.45, 7) is 3.68. The molecule has 0 aromatic heterocycles. The molecule has 0 aliphatic carbocycles. The minimum Gasteiger partial charge on any atom is -0.381 e. The zero-order valence-corrected chi connectivity index (χ0v) is 10.4. The van der Waals surface area contributed by atoms with Crippen LogP contribution in [0.4, 0.5) is 5.69 Å². The topological polar surface area (TPSA) is 32.3 Å². The molecule has 1 aromatic rings. The van der Waals surface area contributed by atoms with E-state index in [2.05, 4.69) is 17.4 Å². The number of amides is 1. The SMILES string of the molecule is CCC(=O)N1CCCC(Nc2ccccc2)C1. The second-order valence-electron chi connectivity index (χ2n) is 4.54. The van der Waals surface area contributed by atoms with Gasteiger partial charge in [0.05, 0.1) is 0 Å². The van der Waals surface area contributed by atoms with Gasteiger partial charge in [-0.25, -0.2) is 0 Å². The number of hydrogen-bond donors (Lipinski definition) is 1. The lowest BCUT2D eigenvalue weighted by atomic mass is 10.0. The van der Waals surface area contributed by atoms with Crippen LogP contribution in [0.5, 0.6) is 0 Å². The summed E-state index contributed by atoms with van der Waals surface area (Å²) in [5, 5.41) is 3.50. The number of carbonyl (C=O) groups excluding carboxylic acids is 1. The monoisotopic (exact) mass is 232 g/mol. The Bertz CT molecular complexity index is 364. The van der Waals surface area contributed by atoms with Gasteiger partial charge in [0.15, 0.2) is 0 Å². The average Bonchev–Trinajstić information content (AvgIpc) is 2.39. The van der Waals surface area contributed by atoms with Crippen molar-refractivity contribution in [3.63, 3.8) is 0 Å². The Balaban J connectivity index is 1.92. The maximum Gasteiger partial charge on any atom is 0.222 e. The van der Waals surface area contributed by atoms with Gasteiger partial charge in [-0.05, 0) is 25.0 Å². The van der Waals surface area contributed by atoms with Gasteiger partial charge in [-0.3, -0.25) is 4.79 Å². The van der Waals surface area contributed by atoms with Gasteiger partial charge in [0.25, 0.3) is 0 Å². The average molecular weight is 232 g/mol. The highest BCUT2D eigenvalue weighted by atomic mass is 16.2. The van der Waals surface area contributed by atoms with Crippen molar-refractivity contribution in [3.05, 3.63) is 30.3 Å². The Morgan fingerprint density at radius 2 is 2.18 bits per heavy atom. The Morgan fingerprint density at radius 1 is 1.41 bits per heavy atom. The number of benzene rings is 1. The number of rotatable bonds is 3. The molecule has 1 heterocycles. The van der Waals surface area contributed by atoms with E-state index in [9.17, 15) is 4.79 Å². The molecule has 1 N–H and O–H groups in total. The van der Waals surface area contributed by atoms with E-state index in [4.69, 9.17) is 0 Å². The summed E-state index contributed by atoms with van der Waals surface area (Å²) in [4.78, 5) is 13.6. The van der Waals surface area contributed by atoms with Gasteiger partial charge in [0, 0.05) is 31.2 Å². The van der Waals surface area contributed by atoms with E-state index < -0.39 is 0 Å². The molecule has 1 fully saturated rings. The summed E-state index contributed by atoms with van der Waals surface area (Å²) >= 11 is 0. The summed E-state index contributed by atoms with van der Waals surface area (Å²) in [5.74, 6) is 0.268. The molecule has 1 amide bonds. The first-order valence-electron chi connectivity index (χ1n) is 6.39. The Labute approximate surface area is 103 Å². The predicted octanol–water partition coefficient (Wildman–Crippen LogP) is 2.50. The smallest absolute Gasteiger partial charge is 0.222 e. The molecular formula is C14H20N2O. The normalized spacial score (nSPS) is 20.1. The van der Waals surface area contributed by atoms with Crippen molar-refractivity contribution >= 4 is 11.6 Å². The summed E-state index contributed by atoms with van der Waals surface area (Å²) in [6, 6.07) is 10.6. The molecule has 92 valence electrons. The van der Waals surface area contributed by atoms with Crippen LogP contribution in [-0.2, 0) is 4.79 Å². The van der Waals surface area contributed by atoms with Gasteiger partial charge in [-0.2, -0.15) is 0 Å². The van der Waals surface area contributed by atoms with Gasteiger partial charge < -0.3 is 10.2 Å². The fourth-order valence-corrected chi connectivity index (χ4v) is 2.32. The van der Waals surface area contributed by atoms with Crippen LogP contribution in [0.3, 0.4) is 0 Å². The lowest BCUT2D eigenvalue weighted by Crippen LogP contribution is -2.44. The third-order valence-corrected chi connectivity index (χ3v) is 3.22. The summed E-state index contributed by atoms with van der Waals surface area (Å²) in [6.07, 6.45) is 2.84. The van der Waals surface area contributed by atoms with Crippen LogP contribution in [0.25, 0.3) is 0 Å². The van der Waals surface area contributed by atoms with E-state index >= 15 is 0 Å². The highest BCUT2D eigenvalue weighted by Crippen LogP contribution is 2.16. The minimum absolute atomic E-state index is 0.268. The molecule has 0 saturated carbocycles. The van der Waals surface area contributed by atoms with E-state index in [0.29, 0.717) is 12.5 Å².